The number of nitrogens with one attached hydrogen (secondary N) is 1. The molecule has 0 fully saturated rings. The van der Waals surface area contributed by atoms with E-state index in [1.807, 2.05) is 12.1 Å². The van der Waals surface area contributed by atoms with Crippen LogP contribution in [0.2, 0.25) is 0 Å². The Balaban J connectivity index is 2.75. The van der Waals surface area contributed by atoms with E-state index in [1.54, 1.807) is 6.07 Å². The van der Waals surface area contributed by atoms with Gasteiger partial charge in [-0.2, -0.15) is 0 Å². The lowest BCUT2D eigenvalue weighted by atomic mass is 10.1. The van der Waals surface area contributed by atoms with E-state index in [9.17, 15) is 4.39 Å². The Labute approximate surface area is 110 Å². The lowest BCUT2D eigenvalue weighted by Crippen LogP contribution is -2.46. The summed E-state index contributed by atoms with van der Waals surface area (Å²) in [5.41, 5.74) is 0.770. The summed E-state index contributed by atoms with van der Waals surface area (Å²) in [7, 11) is 0. The topological polar surface area (TPSA) is 15.3 Å². The maximum atomic E-state index is 13.8. The highest BCUT2D eigenvalue weighted by Gasteiger charge is 2.18. The largest absolute Gasteiger partial charge is 0.365 e. The molecule has 0 heterocycles. The molecule has 0 radical (unpaired) electrons. The van der Waals surface area contributed by atoms with Crippen molar-refractivity contribution in [3.8, 4) is 0 Å². The molecule has 0 spiro atoms. The minimum absolute atomic E-state index is 0.0862. The number of halogens is 1. The fourth-order valence-corrected chi connectivity index (χ4v) is 1.97. The van der Waals surface area contributed by atoms with Crippen LogP contribution in [0.3, 0.4) is 0 Å². The van der Waals surface area contributed by atoms with Crippen LogP contribution in [-0.2, 0) is 0 Å². The first kappa shape index (κ1) is 15.0. The number of hydrogen-bond acceptors (Lipinski definition) is 2. The molecule has 18 heavy (non-hydrogen) atoms. The van der Waals surface area contributed by atoms with Crippen molar-refractivity contribution >= 4 is 5.69 Å². The van der Waals surface area contributed by atoms with Crippen LogP contribution in [0, 0.1) is 5.82 Å². The van der Waals surface area contributed by atoms with Gasteiger partial charge in [-0.25, -0.2) is 4.39 Å². The van der Waals surface area contributed by atoms with Gasteiger partial charge in [0, 0.05) is 24.7 Å². The minimum Gasteiger partial charge on any atom is -0.365 e. The third-order valence-electron chi connectivity index (χ3n) is 2.96. The average Bonchev–Trinajstić information content (AvgIpc) is 2.29. The first-order chi connectivity index (χ1) is 8.35. The molecule has 1 atom stereocenters. The molecular weight excluding hydrogens is 227 g/mol. The zero-order chi connectivity index (χ0) is 13.8. The Morgan fingerprint density at radius 2 is 1.89 bits per heavy atom. The molecule has 102 valence electrons. The third kappa shape index (κ3) is 4.30. The summed E-state index contributed by atoms with van der Waals surface area (Å²) < 4.78 is 13.8. The molecule has 0 saturated carbocycles. The molecule has 2 nitrogen and oxygen atoms in total. The average molecular weight is 252 g/mol. The van der Waals surface area contributed by atoms with Crippen molar-refractivity contribution in [2.45, 2.75) is 46.2 Å². The van der Waals surface area contributed by atoms with Crippen LogP contribution in [0.4, 0.5) is 10.1 Å². The molecule has 1 unspecified atom stereocenters. The van der Waals surface area contributed by atoms with E-state index in [2.05, 4.69) is 44.8 Å². The van der Waals surface area contributed by atoms with Crippen LogP contribution >= 0.6 is 0 Å². The summed E-state index contributed by atoms with van der Waals surface area (Å²) in [6, 6.07) is 7.22. The van der Waals surface area contributed by atoms with Crippen molar-refractivity contribution in [3.63, 3.8) is 0 Å². The highest BCUT2D eigenvalue weighted by molar-refractivity contribution is 5.48. The summed E-state index contributed by atoms with van der Waals surface area (Å²) in [5, 5.41) is 3.46. The third-order valence-corrected chi connectivity index (χ3v) is 2.96. The second-order valence-electron chi connectivity index (χ2n) is 5.72. The monoisotopic (exact) mass is 252 g/mol. The van der Waals surface area contributed by atoms with E-state index in [1.165, 1.54) is 6.07 Å². The summed E-state index contributed by atoms with van der Waals surface area (Å²) in [6.07, 6.45) is 0. The van der Waals surface area contributed by atoms with Gasteiger partial charge >= 0.3 is 0 Å². The number of para-hydroxylation sites is 1. The summed E-state index contributed by atoms with van der Waals surface area (Å²) in [5.74, 6) is -0.151. The summed E-state index contributed by atoms with van der Waals surface area (Å²) in [4.78, 5) is 2.09. The molecular formula is C15H25FN2. The molecule has 0 aromatic heterocycles. The number of hydrogen-bond donors (Lipinski definition) is 1. The molecule has 1 aromatic rings. The molecule has 1 aromatic carbocycles. The summed E-state index contributed by atoms with van der Waals surface area (Å²) >= 11 is 0. The first-order valence-electron chi connectivity index (χ1n) is 6.61. The standard InChI is InChI=1S/C15H25FN2/c1-6-18(12(2)11-17-15(3,4)5)14-10-8-7-9-13(14)16/h7-10,12,17H,6,11H2,1-5H3. The first-order valence-corrected chi connectivity index (χ1v) is 6.61. The van der Waals surface area contributed by atoms with E-state index in [-0.39, 0.29) is 17.4 Å². The molecule has 0 bridgehead atoms. The van der Waals surface area contributed by atoms with Gasteiger partial charge in [0.25, 0.3) is 0 Å². The Hall–Kier alpha value is -1.09. The normalized spacial score (nSPS) is 13.4. The van der Waals surface area contributed by atoms with Gasteiger partial charge in [0.2, 0.25) is 0 Å². The second kappa shape index (κ2) is 6.19. The van der Waals surface area contributed by atoms with E-state index in [0.29, 0.717) is 5.69 Å². The Bertz CT molecular complexity index is 371. The highest BCUT2D eigenvalue weighted by atomic mass is 19.1. The van der Waals surface area contributed by atoms with Gasteiger partial charge in [-0.1, -0.05) is 12.1 Å². The van der Waals surface area contributed by atoms with Gasteiger partial charge in [0.05, 0.1) is 5.69 Å². The van der Waals surface area contributed by atoms with Crippen molar-refractivity contribution in [3.05, 3.63) is 30.1 Å². The molecule has 0 saturated heterocycles. The van der Waals surface area contributed by atoms with Gasteiger partial charge in [-0.3, -0.25) is 0 Å². The summed E-state index contributed by atoms with van der Waals surface area (Å²) in [6.45, 7) is 12.2. The van der Waals surface area contributed by atoms with Crippen LogP contribution in [0.1, 0.15) is 34.6 Å². The van der Waals surface area contributed by atoms with Crippen LogP contribution < -0.4 is 10.2 Å². The maximum absolute atomic E-state index is 13.8. The number of likely N-dealkylation sites (N-methyl/N-ethyl adjacent to an activating group) is 1. The quantitative estimate of drug-likeness (QED) is 0.863. The van der Waals surface area contributed by atoms with E-state index >= 15 is 0 Å². The van der Waals surface area contributed by atoms with E-state index in [0.717, 1.165) is 13.1 Å². The minimum atomic E-state index is -0.151. The number of benzene rings is 1. The van der Waals surface area contributed by atoms with Gasteiger partial charge in [-0.15, -0.1) is 0 Å². The number of nitrogens with zero attached hydrogens (tertiary/aromatic N) is 1. The van der Waals surface area contributed by atoms with Crippen molar-refractivity contribution in [2.75, 3.05) is 18.0 Å². The lowest BCUT2D eigenvalue weighted by Gasteiger charge is -2.33. The molecule has 0 aliphatic heterocycles. The SMILES string of the molecule is CCN(c1ccccc1F)C(C)CNC(C)(C)C. The van der Waals surface area contributed by atoms with E-state index < -0.39 is 0 Å². The smallest absolute Gasteiger partial charge is 0.146 e. The lowest BCUT2D eigenvalue weighted by molar-refractivity contribution is 0.404. The number of rotatable bonds is 5. The Kier molecular flexibility index (Phi) is 5.15. The molecule has 1 N–H and O–H groups in total. The van der Waals surface area contributed by atoms with Crippen molar-refractivity contribution in [2.24, 2.45) is 0 Å². The van der Waals surface area contributed by atoms with Crippen molar-refractivity contribution < 1.29 is 4.39 Å². The molecule has 0 aliphatic rings. The van der Waals surface area contributed by atoms with Crippen LogP contribution in [0.15, 0.2) is 24.3 Å². The molecule has 0 amide bonds. The van der Waals surface area contributed by atoms with Gasteiger partial charge in [-0.05, 0) is 46.8 Å². The van der Waals surface area contributed by atoms with Crippen LogP contribution in [-0.4, -0.2) is 24.7 Å². The molecule has 1 rings (SSSR count). The molecule has 3 heteroatoms. The van der Waals surface area contributed by atoms with Crippen LogP contribution in [0.5, 0.6) is 0 Å². The predicted molar refractivity (Wildman–Crippen MR) is 76.6 cm³/mol. The zero-order valence-corrected chi connectivity index (χ0v) is 12.1. The number of anilines is 1. The van der Waals surface area contributed by atoms with Crippen molar-refractivity contribution in [1.82, 2.24) is 5.32 Å². The van der Waals surface area contributed by atoms with Gasteiger partial charge in [0.1, 0.15) is 5.82 Å². The van der Waals surface area contributed by atoms with Crippen molar-refractivity contribution in [1.29, 1.82) is 0 Å². The predicted octanol–water partition coefficient (Wildman–Crippen LogP) is 3.43. The Morgan fingerprint density at radius 1 is 1.28 bits per heavy atom. The second-order valence-corrected chi connectivity index (χ2v) is 5.72. The zero-order valence-electron chi connectivity index (χ0n) is 12.1. The maximum Gasteiger partial charge on any atom is 0.146 e. The van der Waals surface area contributed by atoms with Crippen LogP contribution in [0.25, 0.3) is 0 Å². The molecule has 0 aliphatic carbocycles. The van der Waals surface area contributed by atoms with Gasteiger partial charge < -0.3 is 10.2 Å². The van der Waals surface area contributed by atoms with E-state index in [4.69, 9.17) is 0 Å². The fraction of sp³-hybridized carbons (Fsp3) is 0.600. The highest BCUT2D eigenvalue weighted by Crippen LogP contribution is 2.20. The fourth-order valence-electron chi connectivity index (χ4n) is 1.97. The van der Waals surface area contributed by atoms with Gasteiger partial charge in [0.15, 0.2) is 0 Å². The Morgan fingerprint density at radius 3 is 2.39 bits per heavy atom.